The van der Waals surface area contributed by atoms with Gasteiger partial charge in [0, 0.05) is 17.0 Å². The number of alkyl halides is 1. The zero-order valence-electron chi connectivity index (χ0n) is 10.5. The fraction of sp³-hybridized carbons (Fsp3) is 0.571. The van der Waals surface area contributed by atoms with E-state index in [9.17, 15) is 0 Å². The molecule has 3 heteroatoms. The van der Waals surface area contributed by atoms with Crippen molar-refractivity contribution in [2.45, 2.75) is 32.8 Å². The van der Waals surface area contributed by atoms with Crippen LogP contribution < -0.4 is 0 Å². The third kappa shape index (κ3) is 5.89. The second-order valence-electron chi connectivity index (χ2n) is 4.60. The summed E-state index contributed by atoms with van der Waals surface area (Å²) in [6.07, 6.45) is 2.46. The maximum absolute atomic E-state index is 5.88. The van der Waals surface area contributed by atoms with E-state index < -0.39 is 0 Å². The molecule has 0 saturated heterocycles. The van der Waals surface area contributed by atoms with Crippen LogP contribution in [0.4, 0.5) is 0 Å². The minimum atomic E-state index is 0.124. The third-order valence-corrected chi connectivity index (χ3v) is 3.47. The Balaban J connectivity index is 2.40. The summed E-state index contributed by atoms with van der Waals surface area (Å²) < 4.78 is 5.88. The van der Waals surface area contributed by atoms with Crippen LogP contribution in [-0.4, -0.2) is 11.9 Å². The lowest BCUT2D eigenvalue weighted by Crippen LogP contribution is -2.07. The summed E-state index contributed by atoms with van der Waals surface area (Å²) in [5.74, 6) is 0.747. The number of ether oxygens (including phenoxy) is 1. The molecule has 0 saturated carbocycles. The smallest absolute Gasteiger partial charge is 0.0921 e. The molecule has 1 aromatic rings. The van der Waals surface area contributed by atoms with Crippen molar-refractivity contribution in [3.05, 3.63) is 34.9 Å². The van der Waals surface area contributed by atoms with Gasteiger partial charge in [-0.05, 0) is 36.5 Å². The van der Waals surface area contributed by atoms with E-state index >= 15 is 0 Å². The van der Waals surface area contributed by atoms with Crippen LogP contribution in [0, 0.1) is 5.92 Å². The van der Waals surface area contributed by atoms with E-state index in [1.807, 2.05) is 24.3 Å². The topological polar surface area (TPSA) is 9.23 Å². The van der Waals surface area contributed by atoms with Gasteiger partial charge in [0.1, 0.15) is 0 Å². The minimum absolute atomic E-state index is 0.124. The Kier molecular flexibility index (Phi) is 7.17. The summed E-state index contributed by atoms with van der Waals surface area (Å²) in [5.41, 5.74) is 1.18. The Labute approximate surface area is 118 Å². The molecule has 0 heterocycles. The van der Waals surface area contributed by atoms with Crippen molar-refractivity contribution in [3.63, 3.8) is 0 Å². The average Bonchev–Trinajstić information content (AvgIpc) is 2.30. The van der Waals surface area contributed by atoms with Gasteiger partial charge in [-0.1, -0.05) is 53.5 Å². The first-order chi connectivity index (χ1) is 8.13. The summed E-state index contributed by atoms with van der Waals surface area (Å²) >= 11 is 9.36. The molecule has 0 fully saturated rings. The molecule has 0 radical (unpaired) electrons. The molecule has 1 aromatic carbocycles. The zero-order valence-corrected chi connectivity index (χ0v) is 12.8. The highest BCUT2D eigenvalue weighted by Gasteiger charge is 2.10. The van der Waals surface area contributed by atoms with E-state index in [2.05, 4.69) is 29.8 Å². The maximum Gasteiger partial charge on any atom is 0.0921 e. The standard InChI is InChI=1S/C14H20BrClO/c1-11(2)4-3-9-17-14(10-15)12-5-7-13(16)8-6-12/h5-8,11,14H,3-4,9-10H2,1-2H3. The highest BCUT2D eigenvalue weighted by molar-refractivity contribution is 9.09. The van der Waals surface area contributed by atoms with E-state index in [1.165, 1.54) is 12.0 Å². The fourth-order valence-electron chi connectivity index (χ4n) is 1.62. The van der Waals surface area contributed by atoms with E-state index in [4.69, 9.17) is 16.3 Å². The predicted octanol–water partition coefficient (Wildman–Crippen LogP) is 5.23. The molecular formula is C14H20BrClO. The predicted molar refractivity (Wildman–Crippen MR) is 78.0 cm³/mol. The first-order valence-electron chi connectivity index (χ1n) is 6.06. The molecule has 0 amide bonds. The molecule has 0 bridgehead atoms. The highest BCUT2D eigenvalue weighted by atomic mass is 79.9. The van der Waals surface area contributed by atoms with Gasteiger partial charge < -0.3 is 4.74 Å². The summed E-state index contributed by atoms with van der Waals surface area (Å²) in [7, 11) is 0. The number of halogens is 2. The fourth-order valence-corrected chi connectivity index (χ4v) is 2.31. The van der Waals surface area contributed by atoms with Gasteiger partial charge in [-0.25, -0.2) is 0 Å². The zero-order chi connectivity index (χ0) is 12.7. The molecule has 0 N–H and O–H groups in total. The van der Waals surface area contributed by atoms with Crippen molar-refractivity contribution in [3.8, 4) is 0 Å². The lowest BCUT2D eigenvalue weighted by Gasteiger charge is -2.16. The normalized spacial score (nSPS) is 13.0. The molecule has 1 nitrogen and oxygen atoms in total. The molecule has 1 atom stereocenters. The minimum Gasteiger partial charge on any atom is -0.373 e. The van der Waals surface area contributed by atoms with Crippen LogP contribution >= 0.6 is 27.5 Å². The first kappa shape index (κ1) is 15.0. The molecule has 0 spiro atoms. The highest BCUT2D eigenvalue weighted by Crippen LogP contribution is 2.22. The van der Waals surface area contributed by atoms with Gasteiger partial charge in [0.25, 0.3) is 0 Å². The van der Waals surface area contributed by atoms with Crippen molar-refractivity contribution in [1.29, 1.82) is 0 Å². The van der Waals surface area contributed by atoms with E-state index in [0.29, 0.717) is 0 Å². The van der Waals surface area contributed by atoms with Crippen LogP contribution in [0.25, 0.3) is 0 Å². The van der Waals surface area contributed by atoms with Crippen LogP contribution in [0.5, 0.6) is 0 Å². The summed E-state index contributed by atoms with van der Waals surface area (Å²) in [4.78, 5) is 0. The Hall–Kier alpha value is -0.0500. The molecular weight excluding hydrogens is 300 g/mol. The molecule has 0 aliphatic rings. The largest absolute Gasteiger partial charge is 0.373 e. The molecule has 0 aliphatic carbocycles. The molecule has 96 valence electrons. The monoisotopic (exact) mass is 318 g/mol. The van der Waals surface area contributed by atoms with Crippen molar-refractivity contribution in [2.24, 2.45) is 5.92 Å². The Morgan fingerprint density at radius 2 is 1.88 bits per heavy atom. The van der Waals surface area contributed by atoms with Gasteiger partial charge in [-0.15, -0.1) is 0 Å². The van der Waals surface area contributed by atoms with Crippen LogP contribution in [0.1, 0.15) is 38.4 Å². The summed E-state index contributed by atoms with van der Waals surface area (Å²) in [6.45, 7) is 5.29. The second kappa shape index (κ2) is 8.12. The van der Waals surface area contributed by atoms with Crippen molar-refractivity contribution in [2.75, 3.05) is 11.9 Å². The van der Waals surface area contributed by atoms with Gasteiger partial charge in [0.2, 0.25) is 0 Å². The van der Waals surface area contributed by atoms with Gasteiger partial charge in [-0.3, -0.25) is 0 Å². The summed E-state index contributed by atoms with van der Waals surface area (Å²) in [5, 5.41) is 1.58. The van der Waals surface area contributed by atoms with Gasteiger partial charge in [-0.2, -0.15) is 0 Å². The van der Waals surface area contributed by atoms with Crippen LogP contribution in [0.2, 0.25) is 5.02 Å². The average molecular weight is 320 g/mol. The Morgan fingerprint density at radius 1 is 1.24 bits per heavy atom. The first-order valence-corrected chi connectivity index (χ1v) is 7.56. The lowest BCUT2D eigenvalue weighted by molar-refractivity contribution is 0.0655. The lowest BCUT2D eigenvalue weighted by atomic mass is 10.1. The van der Waals surface area contributed by atoms with E-state index in [1.54, 1.807) is 0 Å². The number of hydrogen-bond acceptors (Lipinski definition) is 1. The maximum atomic E-state index is 5.88. The molecule has 1 rings (SSSR count). The van der Waals surface area contributed by atoms with Gasteiger partial charge in [0.15, 0.2) is 0 Å². The Morgan fingerprint density at radius 3 is 2.41 bits per heavy atom. The van der Waals surface area contributed by atoms with Crippen LogP contribution in [-0.2, 0) is 4.74 Å². The number of hydrogen-bond donors (Lipinski definition) is 0. The van der Waals surface area contributed by atoms with Gasteiger partial charge in [0.05, 0.1) is 6.10 Å². The van der Waals surface area contributed by atoms with Crippen LogP contribution in [0.15, 0.2) is 24.3 Å². The van der Waals surface area contributed by atoms with Crippen LogP contribution in [0.3, 0.4) is 0 Å². The molecule has 0 aliphatic heterocycles. The number of rotatable bonds is 7. The Bertz CT molecular complexity index is 311. The molecule has 0 aromatic heterocycles. The quantitative estimate of drug-likeness (QED) is 0.494. The van der Waals surface area contributed by atoms with Crippen molar-refractivity contribution < 1.29 is 4.74 Å². The SMILES string of the molecule is CC(C)CCCOC(CBr)c1ccc(Cl)cc1. The molecule has 1 unspecified atom stereocenters. The van der Waals surface area contributed by atoms with E-state index in [-0.39, 0.29) is 6.10 Å². The van der Waals surface area contributed by atoms with E-state index in [0.717, 1.165) is 29.3 Å². The van der Waals surface area contributed by atoms with Crippen molar-refractivity contribution in [1.82, 2.24) is 0 Å². The summed E-state index contributed by atoms with van der Waals surface area (Å²) in [6, 6.07) is 7.86. The third-order valence-electron chi connectivity index (χ3n) is 2.63. The second-order valence-corrected chi connectivity index (χ2v) is 5.69. The number of benzene rings is 1. The van der Waals surface area contributed by atoms with Crippen molar-refractivity contribution >= 4 is 27.5 Å². The van der Waals surface area contributed by atoms with Gasteiger partial charge >= 0.3 is 0 Å². The molecule has 17 heavy (non-hydrogen) atoms.